The van der Waals surface area contributed by atoms with Gasteiger partial charge < -0.3 is 10.2 Å². The van der Waals surface area contributed by atoms with E-state index in [1.807, 2.05) is 18.2 Å². The summed E-state index contributed by atoms with van der Waals surface area (Å²) in [6, 6.07) is 6.63. The van der Waals surface area contributed by atoms with Crippen LogP contribution in [-0.2, 0) is 0 Å². The van der Waals surface area contributed by atoms with Crippen LogP contribution in [0.5, 0.6) is 0 Å². The van der Waals surface area contributed by atoms with Crippen molar-refractivity contribution < 1.29 is 4.79 Å². The van der Waals surface area contributed by atoms with E-state index in [4.69, 9.17) is 0 Å². The van der Waals surface area contributed by atoms with Crippen molar-refractivity contribution in [2.75, 3.05) is 13.1 Å². The van der Waals surface area contributed by atoms with Crippen LogP contribution in [-0.4, -0.2) is 36.0 Å². The molecule has 3 rings (SSSR count). The molecule has 0 radical (unpaired) electrons. The van der Waals surface area contributed by atoms with Gasteiger partial charge in [0.25, 0.3) is 5.91 Å². The van der Waals surface area contributed by atoms with Crippen molar-refractivity contribution in [3.63, 3.8) is 0 Å². The molecule has 2 saturated heterocycles. The first kappa shape index (κ1) is 15.5. The Morgan fingerprint density at radius 1 is 1.10 bits per heavy atom. The lowest BCUT2D eigenvalue weighted by Crippen LogP contribution is -2.52. The number of nitrogens with one attached hydrogen (secondary N) is 1. The highest BCUT2D eigenvalue weighted by Crippen LogP contribution is 2.27. The van der Waals surface area contributed by atoms with Crippen LogP contribution in [0.4, 0.5) is 0 Å². The van der Waals surface area contributed by atoms with Gasteiger partial charge in [-0.1, -0.05) is 31.9 Å². The molecule has 0 bridgehead atoms. The Kier molecular flexibility index (Phi) is 5.02. The largest absolute Gasteiger partial charge is 0.334 e. The Hall–Kier alpha value is -0.390. The molecule has 0 spiro atoms. The smallest absolute Gasteiger partial charge is 0.254 e. The summed E-state index contributed by atoms with van der Waals surface area (Å²) in [6.07, 6.45) is 5.89. The van der Waals surface area contributed by atoms with Gasteiger partial charge in [-0.15, -0.1) is 0 Å². The Balaban J connectivity index is 1.83. The average molecular weight is 416 g/mol. The summed E-state index contributed by atoms with van der Waals surface area (Å²) in [7, 11) is 0. The topological polar surface area (TPSA) is 32.3 Å². The van der Waals surface area contributed by atoms with Gasteiger partial charge in [0, 0.05) is 33.1 Å². The number of rotatable bonds is 2. The number of likely N-dealkylation sites (tertiary alicyclic amines) is 1. The summed E-state index contributed by atoms with van der Waals surface area (Å²) in [4.78, 5) is 15.0. The van der Waals surface area contributed by atoms with Crippen LogP contribution in [0.2, 0.25) is 0 Å². The highest BCUT2D eigenvalue weighted by molar-refractivity contribution is 9.11. The lowest BCUT2D eigenvalue weighted by Gasteiger charge is -2.39. The zero-order valence-corrected chi connectivity index (χ0v) is 15.1. The van der Waals surface area contributed by atoms with Gasteiger partial charge >= 0.3 is 0 Å². The minimum absolute atomic E-state index is 0.162. The second-order valence-electron chi connectivity index (χ2n) is 5.92. The van der Waals surface area contributed by atoms with E-state index in [1.165, 1.54) is 19.3 Å². The van der Waals surface area contributed by atoms with Crippen LogP contribution in [0.15, 0.2) is 27.1 Å². The lowest BCUT2D eigenvalue weighted by molar-refractivity contribution is 0.0563. The summed E-state index contributed by atoms with van der Waals surface area (Å²) in [5.74, 6) is 0.162. The minimum atomic E-state index is 0.162. The molecule has 0 aromatic heterocycles. The lowest BCUT2D eigenvalue weighted by atomic mass is 9.93. The first-order valence-corrected chi connectivity index (χ1v) is 9.24. The summed E-state index contributed by atoms with van der Waals surface area (Å²) in [5, 5.41) is 3.57. The van der Waals surface area contributed by atoms with E-state index in [2.05, 4.69) is 42.1 Å². The molecule has 0 aliphatic carbocycles. The van der Waals surface area contributed by atoms with Gasteiger partial charge in [-0.05, 0) is 56.8 Å². The molecule has 5 heteroatoms. The highest BCUT2D eigenvalue weighted by Gasteiger charge is 2.34. The molecule has 2 unspecified atom stereocenters. The molecule has 21 heavy (non-hydrogen) atoms. The first-order chi connectivity index (χ1) is 10.1. The molecular formula is C16H20Br2N2O. The van der Waals surface area contributed by atoms with Crippen LogP contribution in [0.25, 0.3) is 0 Å². The summed E-state index contributed by atoms with van der Waals surface area (Å²) >= 11 is 6.95. The minimum Gasteiger partial charge on any atom is -0.334 e. The van der Waals surface area contributed by atoms with Crippen molar-refractivity contribution in [1.29, 1.82) is 0 Å². The molecule has 1 aromatic rings. The van der Waals surface area contributed by atoms with Crippen molar-refractivity contribution >= 4 is 37.8 Å². The Labute approximate surface area is 142 Å². The van der Waals surface area contributed by atoms with E-state index in [1.54, 1.807) is 0 Å². The molecule has 114 valence electrons. The molecule has 3 nitrogen and oxygen atoms in total. The molecule has 2 atom stereocenters. The standard InChI is InChI=1S/C16H20Br2N2O/c17-12-8-11(9-13(18)10-12)16(21)20-7-2-1-5-15(20)14-4-3-6-19-14/h8-10,14-15,19H,1-7H2. The van der Waals surface area contributed by atoms with E-state index < -0.39 is 0 Å². The third-order valence-corrected chi connectivity index (χ3v) is 5.40. The van der Waals surface area contributed by atoms with E-state index in [9.17, 15) is 4.79 Å². The van der Waals surface area contributed by atoms with Crippen molar-refractivity contribution in [3.05, 3.63) is 32.7 Å². The third-order valence-electron chi connectivity index (χ3n) is 4.48. The molecule has 1 aromatic carbocycles. The normalized spacial score (nSPS) is 26.1. The molecule has 2 aliphatic rings. The number of carbonyl (C=O) groups excluding carboxylic acids is 1. The van der Waals surface area contributed by atoms with E-state index in [0.717, 1.165) is 40.4 Å². The monoisotopic (exact) mass is 414 g/mol. The number of amides is 1. The number of halogens is 2. The second-order valence-corrected chi connectivity index (χ2v) is 7.75. The van der Waals surface area contributed by atoms with Gasteiger partial charge in [-0.3, -0.25) is 4.79 Å². The van der Waals surface area contributed by atoms with Crippen molar-refractivity contribution in [2.45, 2.75) is 44.2 Å². The van der Waals surface area contributed by atoms with Crippen LogP contribution in [0, 0.1) is 0 Å². The fourth-order valence-electron chi connectivity index (χ4n) is 3.51. The summed E-state index contributed by atoms with van der Waals surface area (Å²) < 4.78 is 1.88. The van der Waals surface area contributed by atoms with Gasteiger partial charge in [-0.2, -0.15) is 0 Å². The zero-order valence-electron chi connectivity index (χ0n) is 11.9. The Bertz CT molecular complexity index is 509. The van der Waals surface area contributed by atoms with E-state index in [-0.39, 0.29) is 5.91 Å². The van der Waals surface area contributed by atoms with E-state index >= 15 is 0 Å². The zero-order chi connectivity index (χ0) is 14.8. The first-order valence-electron chi connectivity index (χ1n) is 7.65. The number of carbonyl (C=O) groups is 1. The SMILES string of the molecule is O=C(c1cc(Br)cc(Br)c1)N1CCCCC1C1CCCN1. The van der Waals surface area contributed by atoms with Crippen molar-refractivity contribution in [1.82, 2.24) is 10.2 Å². The number of benzene rings is 1. The number of hydrogen-bond acceptors (Lipinski definition) is 2. The number of nitrogens with zero attached hydrogens (tertiary/aromatic N) is 1. The predicted octanol–water partition coefficient (Wildman–Crippen LogP) is 3.96. The van der Waals surface area contributed by atoms with Gasteiger partial charge in [-0.25, -0.2) is 0 Å². The molecular weight excluding hydrogens is 396 g/mol. The van der Waals surface area contributed by atoms with Crippen LogP contribution in [0.3, 0.4) is 0 Å². The van der Waals surface area contributed by atoms with Crippen LogP contribution < -0.4 is 5.32 Å². The maximum absolute atomic E-state index is 12.9. The molecule has 2 heterocycles. The summed E-state index contributed by atoms with van der Waals surface area (Å²) in [6.45, 7) is 1.97. The number of hydrogen-bond donors (Lipinski definition) is 1. The average Bonchev–Trinajstić information content (AvgIpc) is 2.99. The van der Waals surface area contributed by atoms with Gasteiger partial charge in [0.15, 0.2) is 0 Å². The van der Waals surface area contributed by atoms with Crippen molar-refractivity contribution in [2.24, 2.45) is 0 Å². The summed E-state index contributed by atoms with van der Waals surface area (Å²) in [5.41, 5.74) is 0.765. The van der Waals surface area contributed by atoms with Gasteiger partial charge in [0.05, 0.1) is 0 Å². The maximum atomic E-state index is 12.9. The molecule has 2 fully saturated rings. The van der Waals surface area contributed by atoms with Gasteiger partial charge in [0.1, 0.15) is 0 Å². The van der Waals surface area contributed by atoms with E-state index in [0.29, 0.717) is 12.1 Å². The quantitative estimate of drug-likeness (QED) is 0.792. The van der Waals surface area contributed by atoms with Gasteiger partial charge in [0.2, 0.25) is 0 Å². The predicted molar refractivity (Wildman–Crippen MR) is 91.5 cm³/mol. The fraction of sp³-hybridized carbons (Fsp3) is 0.562. The highest BCUT2D eigenvalue weighted by atomic mass is 79.9. The fourth-order valence-corrected chi connectivity index (χ4v) is 4.80. The molecule has 1 N–H and O–H groups in total. The molecule has 0 saturated carbocycles. The number of piperidine rings is 1. The second kappa shape index (κ2) is 6.80. The van der Waals surface area contributed by atoms with Crippen LogP contribution >= 0.6 is 31.9 Å². The molecule has 1 amide bonds. The Morgan fingerprint density at radius 3 is 2.52 bits per heavy atom. The molecule has 2 aliphatic heterocycles. The third kappa shape index (κ3) is 3.51. The van der Waals surface area contributed by atoms with Crippen LogP contribution in [0.1, 0.15) is 42.5 Å². The maximum Gasteiger partial charge on any atom is 0.254 e. The Morgan fingerprint density at radius 2 is 1.86 bits per heavy atom. The van der Waals surface area contributed by atoms with Crippen molar-refractivity contribution in [3.8, 4) is 0 Å².